The van der Waals surface area contributed by atoms with E-state index in [1.165, 1.54) is 12.1 Å². The molecule has 0 spiro atoms. The number of amides is 2. The van der Waals surface area contributed by atoms with Crippen molar-refractivity contribution in [1.82, 2.24) is 4.90 Å². The number of hydrogen-bond acceptors (Lipinski definition) is 7. The van der Waals surface area contributed by atoms with Crippen LogP contribution in [0.25, 0.3) is 0 Å². The summed E-state index contributed by atoms with van der Waals surface area (Å²) in [6.45, 7) is 7.04. The van der Waals surface area contributed by atoms with Crippen molar-refractivity contribution in [2.75, 3.05) is 18.4 Å². The van der Waals surface area contributed by atoms with Gasteiger partial charge in [-0.1, -0.05) is 19.9 Å². The molecule has 170 valence electrons. The summed E-state index contributed by atoms with van der Waals surface area (Å²) in [5.41, 5.74) is 0.520. The highest BCUT2D eigenvalue weighted by Crippen LogP contribution is 2.16. The quantitative estimate of drug-likeness (QED) is 0.501. The molecule has 2 amide bonds. The summed E-state index contributed by atoms with van der Waals surface area (Å²) in [7, 11) is 0. The summed E-state index contributed by atoms with van der Waals surface area (Å²) in [4.78, 5) is 61.2. The van der Waals surface area contributed by atoms with E-state index in [4.69, 9.17) is 4.74 Å². The lowest BCUT2D eigenvalue weighted by Crippen LogP contribution is -2.47. The first-order chi connectivity index (χ1) is 14.6. The summed E-state index contributed by atoms with van der Waals surface area (Å²) in [5, 5.41) is 11.7. The number of aliphatic carboxylic acids is 1. The van der Waals surface area contributed by atoms with Crippen LogP contribution in [0.4, 0.5) is 5.69 Å². The second-order valence-corrected chi connectivity index (χ2v) is 6.76. The number of anilines is 1. The molecule has 1 aromatic carbocycles. The fourth-order valence-corrected chi connectivity index (χ4v) is 2.83. The van der Waals surface area contributed by atoms with Gasteiger partial charge in [-0.2, -0.15) is 0 Å². The van der Waals surface area contributed by atoms with Crippen molar-refractivity contribution >= 4 is 35.4 Å². The van der Waals surface area contributed by atoms with Crippen LogP contribution in [-0.2, 0) is 28.7 Å². The van der Waals surface area contributed by atoms with Crippen molar-refractivity contribution < 1.29 is 38.6 Å². The Bertz CT molecular complexity index is 817. The Morgan fingerprint density at radius 1 is 0.968 bits per heavy atom. The Hall–Kier alpha value is -3.43. The number of nitrogens with one attached hydrogen (secondary N) is 1. The standard InChI is InChI=1S/C21H28N2O8/c1-5-10-23(11-6-2)20(27)15-8-7-9-16(12-15)22-19(26)17(30-13(3)24)18(21(28)29)31-14(4)25/h7-9,12,17-18H,5-6,10-11H2,1-4H3,(H,22,26)(H,28,29)/t17-,18-/m1/s1. The molecule has 2 atom stereocenters. The van der Waals surface area contributed by atoms with E-state index in [1.807, 2.05) is 13.8 Å². The number of carbonyl (C=O) groups excluding carboxylic acids is 4. The molecule has 0 aliphatic carbocycles. The van der Waals surface area contributed by atoms with Crippen LogP contribution in [0.2, 0.25) is 0 Å². The molecular weight excluding hydrogens is 408 g/mol. The van der Waals surface area contributed by atoms with Crippen LogP contribution in [0.3, 0.4) is 0 Å². The minimum Gasteiger partial charge on any atom is -0.478 e. The lowest BCUT2D eigenvalue weighted by molar-refractivity contribution is -0.179. The van der Waals surface area contributed by atoms with Gasteiger partial charge < -0.3 is 24.8 Å². The second-order valence-electron chi connectivity index (χ2n) is 6.76. The van der Waals surface area contributed by atoms with Gasteiger partial charge in [-0.05, 0) is 31.0 Å². The normalized spacial score (nSPS) is 12.3. The molecular formula is C21H28N2O8. The topological polar surface area (TPSA) is 139 Å². The van der Waals surface area contributed by atoms with E-state index in [2.05, 4.69) is 10.1 Å². The number of carboxylic acids is 1. The van der Waals surface area contributed by atoms with Crippen LogP contribution < -0.4 is 5.32 Å². The molecule has 0 heterocycles. The Kier molecular flexibility index (Phi) is 10.2. The Labute approximate surface area is 180 Å². The molecule has 0 aromatic heterocycles. The van der Waals surface area contributed by atoms with Gasteiger partial charge in [0.15, 0.2) is 0 Å². The molecule has 0 saturated carbocycles. The fourth-order valence-electron chi connectivity index (χ4n) is 2.83. The van der Waals surface area contributed by atoms with E-state index in [0.29, 0.717) is 18.7 Å². The molecule has 0 fully saturated rings. The van der Waals surface area contributed by atoms with Crippen molar-refractivity contribution in [3.63, 3.8) is 0 Å². The number of rotatable bonds is 11. The van der Waals surface area contributed by atoms with Gasteiger partial charge in [0.05, 0.1) is 0 Å². The Morgan fingerprint density at radius 2 is 1.52 bits per heavy atom. The zero-order valence-electron chi connectivity index (χ0n) is 18.0. The minimum atomic E-state index is -2.03. The van der Waals surface area contributed by atoms with Gasteiger partial charge in [-0.3, -0.25) is 19.2 Å². The fraction of sp³-hybridized carbons (Fsp3) is 0.476. The predicted octanol–water partition coefficient (Wildman–Crippen LogP) is 1.84. The molecule has 1 rings (SSSR count). The predicted molar refractivity (Wildman–Crippen MR) is 110 cm³/mol. The van der Waals surface area contributed by atoms with Crippen molar-refractivity contribution in [3.05, 3.63) is 29.8 Å². The molecule has 0 aliphatic rings. The van der Waals surface area contributed by atoms with Crippen molar-refractivity contribution in [2.24, 2.45) is 0 Å². The van der Waals surface area contributed by atoms with E-state index in [0.717, 1.165) is 26.7 Å². The Balaban J connectivity index is 3.12. The number of carboxylic acid groups (broad SMARTS) is 1. The Morgan fingerprint density at radius 3 is 2.00 bits per heavy atom. The van der Waals surface area contributed by atoms with Crippen molar-refractivity contribution in [1.29, 1.82) is 0 Å². The first-order valence-electron chi connectivity index (χ1n) is 9.88. The van der Waals surface area contributed by atoms with E-state index < -0.39 is 36.0 Å². The summed E-state index contributed by atoms with van der Waals surface area (Å²) in [5.74, 6) is -4.78. The van der Waals surface area contributed by atoms with Crippen LogP contribution in [0.1, 0.15) is 50.9 Å². The van der Waals surface area contributed by atoms with Gasteiger partial charge in [-0.25, -0.2) is 4.79 Å². The molecule has 31 heavy (non-hydrogen) atoms. The smallest absolute Gasteiger partial charge is 0.349 e. The number of hydrogen-bond donors (Lipinski definition) is 2. The highest BCUT2D eigenvalue weighted by molar-refractivity contribution is 6.01. The van der Waals surface area contributed by atoms with Gasteiger partial charge in [-0.15, -0.1) is 0 Å². The SMILES string of the molecule is CCCN(CCC)C(=O)c1cccc(NC(=O)[C@H](OC(C)=O)[C@@H](OC(C)=O)C(=O)O)c1. The molecule has 10 heteroatoms. The average Bonchev–Trinajstić information content (AvgIpc) is 2.69. The van der Waals surface area contributed by atoms with Gasteiger partial charge in [0.2, 0.25) is 12.2 Å². The van der Waals surface area contributed by atoms with E-state index in [9.17, 15) is 29.1 Å². The maximum Gasteiger partial charge on any atom is 0.349 e. The van der Waals surface area contributed by atoms with Crippen LogP contribution >= 0.6 is 0 Å². The molecule has 0 aliphatic heterocycles. The lowest BCUT2D eigenvalue weighted by atomic mass is 10.1. The van der Waals surface area contributed by atoms with Crippen molar-refractivity contribution in [2.45, 2.75) is 52.7 Å². The van der Waals surface area contributed by atoms with Crippen LogP contribution in [-0.4, -0.2) is 65.0 Å². The van der Waals surface area contributed by atoms with Gasteiger partial charge in [0.1, 0.15) is 0 Å². The summed E-state index contributed by atoms with van der Waals surface area (Å²) >= 11 is 0. The summed E-state index contributed by atoms with van der Waals surface area (Å²) < 4.78 is 9.45. The zero-order chi connectivity index (χ0) is 23.6. The third kappa shape index (κ3) is 8.07. The maximum absolute atomic E-state index is 12.8. The highest BCUT2D eigenvalue weighted by Gasteiger charge is 2.39. The molecule has 10 nitrogen and oxygen atoms in total. The van der Waals surface area contributed by atoms with Gasteiger partial charge in [0.25, 0.3) is 11.8 Å². The zero-order valence-corrected chi connectivity index (χ0v) is 18.0. The van der Waals surface area contributed by atoms with Gasteiger partial charge >= 0.3 is 17.9 Å². The average molecular weight is 436 g/mol. The molecule has 0 unspecified atom stereocenters. The third-order valence-electron chi connectivity index (χ3n) is 4.01. The minimum absolute atomic E-state index is 0.188. The van der Waals surface area contributed by atoms with Crippen LogP contribution in [0, 0.1) is 0 Å². The molecule has 1 aromatic rings. The number of benzene rings is 1. The molecule has 0 radical (unpaired) electrons. The highest BCUT2D eigenvalue weighted by atomic mass is 16.6. The van der Waals surface area contributed by atoms with E-state index in [1.54, 1.807) is 17.0 Å². The number of esters is 2. The van der Waals surface area contributed by atoms with E-state index >= 15 is 0 Å². The number of ether oxygens (including phenoxy) is 2. The second kappa shape index (κ2) is 12.3. The largest absolute Gasteiger partial charge is 0.478 e. The summed E-state index contributed by atoms with van der Waals surface area (Å²) in [6.07, 6.45) is -2.37. The lowest BCUT2D eigenvalue weighted by Gasteiger charge is -2.23. The third-order valence-corrected chi connectivity index (χ3v) is 4.01. The first kappa shape index (κ1) is 25.6. The molecule has 0 bridgehead atoms. The number of nitrogens with zero attached hydrogens (tertiary/aromatic N) is 1. The van der Waals surface area contributed by atoms with Crippen LogP contribution in [0.5, 0.6) is 0 Å². The van der Waals surface area contributed by atoms with Gasteiger partial charge in [0, 0.05) is 38.2 Å². The van der Waals surface area contributed by atoms with Crippen molar-refractivity contribution in [3.8, 4) is 0 Å². The summed E-state index contributed by atoms with van der Waals surface area (Å²) in [6, 6.07) is 6.08. The monoisotopic (exact) mass is 436 g/mol. The first-order valence-corrected chi connectivity index (χ1v) is 9.88. The van der Waals surface area contributed by atoms with E-state index in [-0.39, 0.29) is 11.6 Å². The maximum atomic E-state index is 12.8. The number of carbonyl (C=O) groups is 5. The molecule has 2 N–H and O–H groups in total. The van der Waals surface area contributed by atoms with Crippen LogP contribution in [0.15, 0.2) is 24.3 Å². The molecule has 0 saturated heterocycles.